The van der Waals surface area contributed by atoms with Gasteiger partial charge in [0, 0.05) is 5.69 Å². The largest absolute Gasteiger partial charge is 0.493 e. The molecule has 0 aliphatic heterocycles. The van der Waals surface area contributed by atoms with Gasteiger partial charge in [0.2, 0.25) is 0 Å². The van der Waals surface area contributed by atoms with E-state index in [0.29, 0.717) is 17.2 Å². The average Bonchev–Trinajstić information content (AvgIpc) is 3.17. The number of amides is 1. The molecule has 1 aromatic heterocycles. The van der Waals surface area contributed by atoms with Crippen LogP contribution in [-0.4, -0.2) is 39.3 Å². The van der Waals surface area contributed by atoms with Crippen LogP contribution < -0.4 is 14.8 Å². The number of rotatable bonds is 6. The summed E-state index contributed by atoms with van der Waals surface area (Å²) >= 11 is 0. The molecule has 2 aromatic carbocycles. The van der Waals surface area contributed by atoms with E-state index in [1.807, 2.05) is 12.1 Å². The number of nitrogens with zero attached hydrogens (tertiary/aromatic N) is 4. The van der Waals surface area contributed by atoms with Gasteiger partial charge in [-0.05, 0) is 53.7 Å². The molecule has 1 amide bonds. The lowest BCUT2D eigenvalue weighted by atomic mass is 10.2. The number of methoxy groups -OCH3 is 1. The number of anilines is 1. The number of carbonyl (C=O) groups is 1. The van der Waals surface area contributed by atoms with Crippen LogP contribution >= 0.6 is 0 Å². The van der Waals surface area contributed by atoms with E-state index < -0.39 is 6.10 Å². The molecule has 0 aliphatic rings. The fourth-order valence-electron chi connectivity index (χ4n) is 2.18. The number of tetrazole rings is 1. The number of benzene rings is 2. The van der Waals surface area contributed by atoms with Crippen molar-refractivity contribution in [3.8, 4) is 17.2 Å². The van der Waals surface area contributed by atoms with Gasteiger partial charge >= 0.3 is 0 Å². The molecule has 3 rings (SSSR count). The summed E-state index contributed by atoms with van der Waals surface area (Å²) in [6.07, 6.45) is 0.812. The molecule has 0 aliphatic carbocycles. The molecule has 0 bridgehead atoms. The fraction of sp³-hybridized carbons (Fsp3) is 0.176. The molecule has 1 atom stereocenters. The molecule has 0 saturated heterocycles. The van der Waals surface area contributed by atoms with Gasteiger partial charge in [0.1, 0.15) is 6.33 Å². The molecule has 8 heteroatoms. The van der Waals surface area contributed by atoms with Crippen LogP contribution in [0, 0.1) is 0 Å². The Kier molecular flexibility index (Phi) is 4.89. The topological polar surface area (TPSA) is 91.2 Å². The van der Waals surface area contributed by atoms with E-state index in [0.717, 1.165) is 5.69 Å². The van der Waals surface area contributed by atoms with E-state index in [9.17, 15) is 4.79 Å². The third-order valence-electron chi connectivity index (χ3n) is 3.49. The van der Waals surface area contributed by atoms with Crippen molar-refractivity contribution in [2.45, 2.75) is 13.0 Å². The normalized spacial score (nSPS) is 11.6. The van der Waals surface area contributed by atoms with Crippen molar-refractivity contribution >= 4 is 11.6 Å². The van der Waals surface area contributed by atoms with Crippen molar-refractivity contribution in [2.75, 3.05) is 12.4 Å². The summed E-state index contributed by atoms with van der Waals surface area (Å²) in [5.41, 5.74) is 1.44. The Morgan fingerprint density at radius 1 is 1.12 bits per heavy atom. The number of aromatic nitrogens is 4. The molecule has 0 saturated carbocycles. The van der Waals surface area contributed by atoms with E-state index in [4.69, 9.17) is 9.47 Å². The Labute approximate surface area is 144 Å². The molecule has 0 unspecified atom stereocenters. The van der Waals surface area contributed by atoms with Crippen molar-refractivity contribution in [1.29, 1.82) is 0 Å². The number of hydrogen-bond acceptors (Lipinski definition) is 6. The summed E-state index contributed by atoms with van der Waals surface area (Å²) in [4.78, 5) is 12.3. The van der Waals surface area contributed by atoms with Crippen molar-refractivity contribution in [1.82, 2.24) is 20.2 Å². The van der Waals surface area contributed by atoms with Gasteiger partial charge < -0.3 is 14.8 Å². The summed E-state index contributed by atoms with van der Waals surface area (Å²) < 4.78 is 12.4. The van der Waals surface area contributed by atoms with E-state index in [1.165, 1.54) is 11.0 Å². The molecule has 0 fully saturated rings. The van der Waals surface area contributed by atoms with Crippen molar-refractivity contribution in [3.63, 3.8) is 0 Å². The lowest BCUT2D eigenvalue weighted by Gasteiger charge is -2.16. The van der Waals surface area contributed by atoms with Gasteiger partial charge in [-0.25, -0.2) is 4.68 Å². The molecule has 0 radical (unpaired) electrons. The van der Waals surface area contributed by atoms with Gasteiger partial charge in [0.15, 0.2) is 17.6 Å². The first-order valence-electron chi connectivity index (χ1n) is 7.61. The number of hydrogen-bond donors (Lipinski definition) is 1. The average molecular weight is 339 g/mol. The highest BCUT2D eigenvalue weighted by Crippen LogP contribution is 2.27. The SMILES string of the molecule is COc1ccccc1O[C@@H](C)C(=O)Nc1ccc(-n2cnnn2)cc1. The van der Waals surface area contributed by atoms with Gasteiger partial charge in [0.25, 0.3) is 5.91 Å². The summed E-state index contributed by atoms with van der Waals surface area (Å²) in [6.45, 7) is 1.68. The zero-order valence-electron chi connectivity index (χ0n) is 13.8. The van der Waals surface area contributed by atoms with Gasteiger partial charge in [-0.15, -0.1) is 5.10 Å². The van der Waals surface area contributed by atoms with Gasteiger partial charge in [-0.2, -0.15) is 0 Å². The van der Waals surface area contributed by atoms with Crippen LogP contribution in [0.25, 0.3) is 5.69 Å². The van der Waals surface area contributed by atoms with Crippen LogP contribution in [-0.2, 0) is 4.79 Å². The van der Waals surface area contributed by atoms with Crippen LogP contribution in [0.3, 0.4) is 0 Å². The van der Waals surface area contributed by atoms with Crippen LogP contribution in [0.2, 0.25) is 0 Å². The minimum atomic E-state index is -0.685. The first kappa shape index (κ1) is 16.4. The Bertz CT molecular complexity index is 834. The summed E-state index contributed by atoms with van der Waals surface area (Å²) in [5, 5.41) is 13.8. The zero-order chi connectivity index (χ0) is 17.6. The maximum absolute atomic E-state index is 12.3. The maximum Gasteiger partial charge on any atom is 0.265 e. The Morgan fingerprint density at radius 2 is 1.84 bits per heavy atom. The molecule has 25 heavy (non-hydrogen) atoms. The second-order valence-electron chi connectivity index (χ2n) is 5.20. The van der Waals surface area contributed by atoms with Crippen LogP contribution in [0.4, 0.5) is 5.69 Å². The van der Waals surface area contributed by atoms with Crippen molar-refractivity contribution in [3.05, 3.63) is 54.9 Å². The summed E-state index contributed by atoms with van der Waals surface area (Å²) in [7, 11) is 1.55. The number of ether oxygens (including phenoxy) is 2. The minimum Gasteiger partial charge on any atom is -0.493 e. The maximum atomic E-state index is 12.3. The second kappa shape index (κ2) is 7.43. The van der Waals surface area contributed by atoms with Crippen molar-refractivity contribution in [2.24, 2.45) is 0 Å². The predicted octanol–water partition coefficient (Wildman–Crippen LogP) is 2.08. The molecule has 128 valence electrons. The van der Waals surface area contributed by atoms with Gasteiger partial charge in [-0.1, -0.05) is 12.1 Å². The number of para-hydroxylation sites is 2. The lowest BCUT2D eigenvalue weighted by Crippen LogP contribution is -2.30. The zero-order valence-corrected chi connectivity index (χ0v) is 13.8. The van der Waals surface area contributed by atoms with Crippen molar-refractivity contribution < 1.29 is 14.3 Å². The summed E-state index contributed by atoms with van der Waals surface area (Å²) in [5.74, 6) is 0.829. The predicted molar refractivity (Wildman–Crippen MR) is 90.9 cm³/mol. The van der Waals surface area contributed by atoms with Crippen LogP contribution in [0.1, 0.15) is 6.92 Å². The van der Waals surface area contributed by atoms with E-state index in [1.54, 1.807) is 50.4 Å². The van der Waals surface area contributed by atoms with E-state index >= 15 is 0 Å². The summed E-state index contributed by atoms with van der Waals surface area (Å²) in [6, 6.07) is 14.3. The Hall–Kier alpha value is -3.42. The van der Waals surface area contributed by atoms with Gasteiger partial charge in [-0.3, -0.25) is 4.79 Å². The highest BCUT2D eigenvalue weighted by atomic mass is 16.5. The smallest absolute Gasteiger partial charge is 0.265 e. The number of carbonyl (C=O) groups excluding carboxylic acids is 1. The molecule has 1 heterocycles. The molecule has 0 spiro atoms. The standard InChI is InChI=1S/C17H17N5O3/c1-12(25-16-6-4-3-5-15(16)24-2)17(23)19-13-7-9-14(10-8-13)22-11-18-20-21-22/h3-12H,1-2H3,(H,19,23)/t12-/m0/s1. The van der Waals surface area contributed by atoms with Gasteiger partial charge in [0.05, 0.1) is 12.8 Å². The molecule has 8 nitrogen and oxygen atoms in total. The monoisotopic (exact) mass is 339 g/mol. The second-order valence-corrected chi connectivity index (χ2v) is 5.20. The fourth-order valence-corrected chi connectivity index (χ4v) is 2.18. The van der Waals surface area contributed by atoms with Crippen LogP contribution in [0.5, 0.6) is 11.5 Å². The first-order valence-corrected chi connectivity index (χ1v) is 7.61. The highest BCUT2D eigenvalue weighted by molar-refractivity contribution is 5.94. The molecular formula is C17H17N5O3. The first-order chi connectivity index (χ1) is 12.2. The minimum absolute atomic E-state index is 0.263. The third-order valence-corrected chi connectivity index (χ3v) is 3.49. The molecular weight excluding hydrogens is 322 g/mol. The third kappa shape index (κ3) is 3.92. The van der Waals surface area contributed by atoms with Crippen LogP contribution in [0.15, 0.2) is 54.9 Å². The molecule has 3 aromatic rings. The number of nitrogens with one attached hydrogen (secondary N) is 1. The van der Waals surface area contributed by atoms with E-state index in [-0.39, 0.29) is 5.91 Å². The quantitative estimate of drug-likeness (QED) is 0.739. The van der Waals surface area contributed by atoms with E-state index in [2.05, 4.69) is 20.8 Å². The Morgan fingerprint density at radius 3 is 2.48 bits per heavy atom. The Balaban J connectivity index is 1.63. The lowest BCUT2D eigenvalue weighted by molar-refractivity contribution is -0.122. The highest BCUT2D eigenvalue weighted by Gasteiger charge is 2.16. The molecule has 1 N–H and O–H groups in total.